The lowest BCUT2D eigenvalue weighted by Crippen LogP contribution is -2.52. The molecule has 1 aliphatic carbocycles. The average Bonchev–Trinajstić information content (AvgIpc) is 2.40. The summed E-state index contributed by atoms with van der Waals surface area (Å²) in [6, 6.07) is 0.278. The van der Waals surface area contributed by atoms with Crippen LogP contribution in [0, 0.1) is 11.8 Å². The summed E-state index contributed by atoms with van der Waals surface area (Å²) in [6.07, 6.45) is 6.49. The second-order valence-electron chi connectivity index (χ2n) is 5.81. The first-order valence-corrected chi connectivity index (χ1v) is 8.77. The molecule has 4 nitrogen and oxygen atoms in total. The fourth-order valence-electron chi connectivity index (χ4n) is 3.20. The van der Waals surface area contributed by atoms with Crippen molar-refractivity contribution in [3.05, 3.63) is 0 Å². The summed E-state index contributed by atoms with van der Waals surface area (Å²) in [5.41, 5.74) is 0. The van der Waals surface area contributed by atoms with Gasteiger partial charge in [0.05, 0.1) is 6.10 Å². The van der Waals surface area contributed by atoms with Crippen LogP contribution in [0.1, 0.15) is 32.1 Å². The average molecular weight is 286 g/mol. The smallest absolute Gasteiger partial charge is 0.221 e. The number of aliphatic hydroxyl groups excluding tert-OH is 1. The largest absolute Gasteiger partial charge is 0.393 e. The second-order valence-corrected chi connectivity index (χ2v) is 6.79. The molecule has 0 aromatic carbocycles. The highest BCUT2D eigenvalue weighted by atomic mass is 32.2. The standard InChI is InChI=1S/C14H26N2O2S/c1-19-7-4-13(18)16-14(11-8-12(17)9-11)10-2-5-15-6-3-10/h10-12,14-15,17H,2-9H2,1H3,(H,16,18)/t11?,12?,14-/m1/s1. The number of piperidine rings is 1. The summed E-state index contributed by atoms with van der Waals surface area (Å²) in [7, 11) is 0. The van der Waals surface area contributed by atoms with E-state index >= 15 is 0 Å². The van der Waals surface area contributed by atoms with Crippen LogP contribution < -0.4 is 10.6 Å². The third-order valence-electron chi connectivity index (χ3n) is 4.41. The fourth-order valence-corrected chi connectivity index (χ4v) is 3.59. The van der Waals surface area contributed by atoms with Gasteiger partial charge in [0.25, 0.3) is 0 Å². The van der Waals surface area contributed by atoms with Gasteiger partial charge >= 0.3 is 0 Å². The van der Waals surface area contributed by atoms with Crippen LogP contribution in [0.2, 0.25) is 0 Å². The first-order valence-electron chi connectivity index (χ1n) is 7.37. The third-order valence-corrected chi connectivity index (χ3v) is 5.02. The molecule has 19 heavy (non-hydrogen) atoms. The van der Waals surface area contributed by atoms with Crippen molar-refractivity contribution in [2.24, 2.45) is 11.8 Å². The minimum Gasteiger partial charge on any atom is -0.393 e. The molecule has 5 heteroatoms. The first-order chi connectivity index (χ1) is 9.20. The van der Waals surface area contributed by atoms with Crippen molar-refractivity contribution in [3.8, 4) is 0 Å². The third kappa shape index (κ3) is 4.36. The number of thioether (sulfide) groups is 1. The molecule has 0 unspecified atom stereocenters. The Bertz CT molecular complexity index is 289. The summed E-state index contributed by atoms with van der Waals surface area (Å²) in [6.45, 7) is 2.11. The van der Waals surface area contributed by atoms with Gasteiger partial charge in [0.15, 0.2) is 0 Å². The molecule has 1 saturated carbocycles. The lowest BCUT2D eigenvalue weighted by molar-refractivity contribution is -0.123. The molecule has 1 heterocycles. The zero-order chi connectivity index (χ0) is 13.7. The summed E-state index contributed by atoms with van der Waals surface area (Å²) in [5.74, 6) is 2.13. The molecular formula is C14H26N2O2S. The lowest BCUT2D eigenvalue weighted by atomic mass is 9.71. The molecule has 3 N–H and O–H groups in total. The molecule has 0 radical (unpaired) electrons. The Morgan fingerprint density at radius 1 is 1.37 bits per heavy atom. The van der Waals surface area contributed by atoms with E-state index in [2.05, 4.69) is 10.6 Å². The summed E-state index contributed by atoms with van der Waals surface area (Å²) in [4.78, 5) is 12.0. The summed E-state index contributed by atoms with van der Waals surface area (Å²) in [5, 5.41) is 16.1. The van der Waals surface area contributed by atoms with E-state index < -0.39 is 0 Å². The van der Waals surface area contributed by atoms with Crippen molar-refractivity contribution in [1.82, 2.24) is 10.6 Å². The molecule has 1 saturated heterocycles. The van der Waals surface area contributed by atoms with Gasteiger partial charge in [0.1, 0.15) is 0 Å². The van der Waals surface area contributed by atoms with Crippen LogP contribution in [0.15, 0.2) is 0 Å². The maximum absolute atomic E-state index is 12.0. The maximum atomic E-state index is 12.0. The molecule has 2 aliphatic rings. The maximum Gasteiger partial charge on any atom is 0.221 e. The van der Waals surface area contributed by atoms with Crippen molar-refractivity contribution in [3.63, 3.8) is 0 Å². The summed E-state index contributed by atoms with van der Waals surface area (Å²) >= 11 is 1.71. The molecule has 1 aliphatic heterocycles. The van der Waals surface area contributed by atoms with E-state index in [4.69, 9.17) is 0 Å². The zero-order valence-electron chi connectivity index (χ0n) is 11.7. The minimum atomic E-state index is -0.141. The molecule has 1 amide bonds. The van der Waals surface area contributed by atoms with E-state index in [9.17, 15) is 9.90 Å². The number of rotatable bonds is 6. The molecule has 1 atom stereocenters. The number of carbonyl (C=O) groups excluding carboxylic acids is 1. The lowest BCUT2D eigenvalue weighted by Gasteiger charge is -2.43. The molecule has 0 bridgehead atoms. The fraction of sp³-hybridized carbons (Fsp3) is 0.929. The Hall–Kier alpha value is -0.260. The van der Waals surface area contributed by atoms with Crippen molar-refractivity contribution >= 4 is 17.7 Å². The van der Waals surface area contributed by atoms with Crippen molar-refractivity contribution in [2.75, 3.05) is 25.1 Å². The van der Waals surface area contributed by atoms with Crippen LogP contribution >= 0.6 is 11.8 Å². The van der Waals surface area contributed by atoms with E-state index in [0.29, 0.717) is 18.3 Å². The van der Waals surface area contributed by atoms with Gasteiger partial charge in [-0.15, -0.1) is 0 Å². The number of carbonyl (C=O) groups is 1. The topological polar surface area (TPSA) is 61.4 Å². The number of aliphatic hydroxyl groups is 1. The van der Waals surface area contributed by atoms with Gasteiger partial charge in [-0.1, -0.05) is 0 Å². The number of nitrogens with one attached hydrogen (secondary N) is 2. The first kappa shape index (κ1) is 15.1. The van der Waals surface area contributed by atoms with Gasteiger partial charge in [0.2, 0.25) is 5.91 Å². The Labute approximate surface area is 120 Å². The predicted octanol–water partition coefficient (Wildman–Crippen LogP) is 0.995. The Morgan fingerprint density at radius 3 is 2.63 bits per heavy atom. The van der Waals surface area contributed by atoms with Crippen LogP contribution in [0.25, 0.3) is 0 Å². The number of hydrogen-bond acceptors (Lipinski definition) is 4. The van der Waals surface area contributed by atoms with Crippen LogP contribution in [0.4, 0.5) is 0 Å². The van der Waals surface area contributed by atoms with Crippen LogP contribution in [-0.4, -0.2) is 48.3 Å². The van der Waals surface area contributed by atoms with Gasteiger partial charge < -0.3 is 15.7 Å². The highest BCUT2D eigenvalue weighted by Crippen LogP contribution is 2.35. The van der Waals surface area contributed by atoms with Crippen molar-refractivity contribution in [2.45, 2.75) is 44.2 Å². The second kappa shape index (κ2) is 7.50. The molecule has 0 spiro atoms. The van der Waals surface area contributed by atoms with Crippen molar-refractivity contribution in [1.29, 1.82) is 0 Å². The monoisotopic (exact) mass is 286 g/mol. The van der Waals surface area contributed by atoms with Gasteiger partial charge in [0, 0.05) is 18.2 Å². The quantitative estimate of drug-likeness (QED) is 0.681. The Balaban J connectivity index is 1.87. The van der Waals surface area contributed by atoms with Gasteiger partial charge in [-0.05, 0) is 56.9 Å². The SMILES string of the molecule is CSCCC(=O)N[C@H](C1CCNCC1)C1CC(O)C1. The van der Waals surface area contributed by atoms with Crippen LogP contribution in [0.3, 0.4) is 0 Å². The van der Waals surface area contributed by atoms with E-state index in [1.807, 2.05) is 6.26 Å². The van der Waals surface area contributed by atoms with E-state index in [1.165, 1.54) is 0 Å². The molecule has 2 rings (SSSR count). The number of hydrogen-bond donors (Lipinski definition) is 3. The zero-order valence-corrected chi connectivity index (χ0v) is 12.5. The van der Waals surface area contributed by atoms with Gasteiger partial charge in [-0.25, -0.2) is 0 Å². The molecular weight excluding hydrogens is 260 g/mol. The minimum absolute atomic E-state index is 0.141. The predicted molar refractivity (Wildman–Crippen MR) is 79.3 cm³/mol. The number of amides is 1. The van der Waals surface area contributed by atoms with Gasteiger partial charge in [-0.2, -0.15) is 11.8 Å². The molecule has 2 fully saturated rings. The highest BCUT2D eigenvalue weighted by molar-refractivity contribution is 7.98. The molecule has 110 valence electrons. The molecule has 0 aromatic rings. The Kier molecular flexibility index (Phi) is 5.98. The summed E-state index contributed by atoms with van der Waals surface area (Å²) < 4.78 is 0. The Morgan fingerprint density at radius 2 is 2.05 bits per heavy atom. The highest BCUT2D eigenvalue weighted by Gasteiger charge is 2.38. The normalized spacial score (nSPS) is 29.6. The van der Waals surface area contributed by atoms with Crippen molar-refractivity contribution < 1.29 is 9.90 Å². The molecule has 0 aromatic heterocycles. The van der Waals surface area contributed by atoms with E-state index in [-0.39, 0.29) is 18.1 Å². The van der Waals surface area contributed by atoms with E-state index in [0.717, 1.165) is 44.5 Å². The van der Waals surface area contributed by atoms with Crippen LogP contribution in [-0.2, 0) is 4.79 Å². The van der Waals surface area contributed by atoms with Gasteiger partial charge in [-0.3, -0.25) is 4.79 Å². The van der Waals surface area contributed by atoms with E-state index in [1.54, 1.807) is 11.8 Å². The van der Waals surface area contributed by atoms with Crippen LogP contribution in [0.5, 0.6) is 0 Å².